The van der Waals surface area contributed by atoms with Gasteiger partial charge in [-0.05, 0) is 30.9 Å². The molecule has 0 spiro atoms. The second kappa shape index (κ2) is 8.21. The third-order valence-electron chi connectivity index (χ3n) is 3.92. The van der Waals surface area contributed by atoms with E-state index < -0.39 is 0 Å². The lowest BCUT2D eigenvalue weighted by Crippen LogP contribution is -2.29. The third-order valence-corrected chi connectivity index (χ3v) is 4.91. The maximum Gasteiger partial charge on any atom is 0.222 e. The first-order valence-electron chi connectivity index (χ1n) is 7.69. The second-order valence-electron chi connectivity index (χ2n) is 5.52. The number of aliphatic hydroxyl groups excluding tert-OH is 1. The highest BCUT2D eigenvalue weighted by Gasteiger charge is 2.22. The zero-order valence-electron chi connectivity index (χ0n) is 12.6. The summed E-state index contributed by atoms with van der Waals surface area (Å²) in [5.41, 5.74) is 0. The van der Waals surface area contributed by atoms with Gasteiger partial charge in [-0.25, -0.2) is 0 Å². The first kappa shape index (κ1) is 16.1. The minimum absolute atomic E-state index is 0.114. The predicted molar refractivity (Wildman–Crippen MR) is 85.9 cm³/mol. The lowest BCUT2D eigenvalue weighted by atomic mass is 9.96. The van der Waals surface area contributed by atoms with Gasteiger partial charge in [0.25, 0.3) is 0 Å². The Morgan fingerprint density at radius 3 is 3.05 bits per heavy atom. The Morgan fingerprint density at radius 1 is 1.43 bits per heavy atom. The molecule has 1 aromatic heterocycles. The number of likely N-dealkylation sites (tertiary alicyclic amines) is 1. The van der Waals surface area contributed by atoms with Crippen molar-refractivity contribution in [3.8, 4) is 11.8 Å². The van der Waals surface area contributed by atoms with Gasteiger partial charge in [0, 0.05) is 17.8 Å². The SMILES string of the molecule is CCCC1CCC(=O)N(Cc2ccc(C#CCO)s2)CC1. The molecule has 4 heteroatoms. The summed E-state index contributed by atoms with van der Waals surface area (Å²) in [4.78, 5) is 16.3. The zero-order valence-corrected chi connectivity index (χ0v) is 13.4. The smallest absolute Gasteiger partial charge is 0.222 e. The number of amides is 1. The molecular weight excluding hydrogens is 282 g/mol. The maximum atomic E-state index is 12.2. The monoisotopic (exact) mass is 305 g/mol. The average molecular weight is 305 g/mol. The zero-order chi connectivity index (χ0) is 15.1. The van der Waals surface area contributed by atoms with Crippen LogP contribution < -0.4 is 0 Å². The Morgan fingerprint density at radius 2 is 2.29 bits per heavy atom. The van der Waals surface area contributed by atoms with Crippen LogP contribution in [0.1, 0.15) is 48.8 Å². The van der Waals surface area contributed by atoms with Crippen molar-refractivity contribution < 1.29 is 9.90 Å². The van der Waals surface area contributed by atoms with Crippen molar-refractivity contribution in [3.05, 3.63) is 21.9 Å². The minimum Gasteiger partial charge on any atom is -0.384 e. The van der Waals surface area contributed by atoms with Gasteiger partial charge in [0.15, 0.2) is 0 Å². The fourth-order valence-corrected chi connectivity index (χ4v) is 3.70. The van der Waals surface area contributed by atoms with Crippen LogP contribution in [0.15, 0.2) is 12.1 Å². The van der Waals surface area contributed by atoms with Crippen LogP contribution in [0, 0.1) is 17.8 Å². The topological polar surface area (TPSA) is 40.5 Å². The van der Waals surface area contributed by atoms with E-state index in [0.29, 0.717) is 18.9 Å². The van der Waals surface area contributed by atoms with E-state index in [1.54, 1.807) is 11.3 Å². The van der Waals surface area contributed by atoms with E-state index in [4.69, 9.17) is 5.11 Å². The number of nitrogens with zero attached hydrogens (tertiary/aromatic N) is 1. The van der Waals surface area contributed by atoms with Crippen LogP contribution >= 0.6 is 11.3 Å². The summed E-state index contributed by atoms with van der Waals surface area (Å²) >= 11 is 1.61. The summed E-state index contributed by atoms with van der Waals surface area (Å²) in [7, 11) is 0. The molecular formula is C17H23NO2S. The molecule has 1 amide bonds. The van der Waals surface area contributed by atoms with E-state index in [2.05, 4.69) is 18.8 Å². The number of hydrogen-bond donors (Lipinski definition) is 1. The first-order valence-corrected chi connectivity index (χ1v) is 8.50. The molecule has 1 saturated heterocycles. The maximum absolute atomic E-state index is 12.2. The fraction of sp³-hybridized carbons (Fsp3) is 0.588. The van der Waals surface area contributed by atoms with Gasteiger partial charge in [0.1, 0.15) is 6.61 Å². The summed E-state index contributed by atoms with van der Waals surface area (Å²) in [5, 5.41) is 8.71. The highest BCUT2D eigenvalue weighted by Crippen LogP contribution is 2.25. The summed E-state index contributed by atoms with van der Waals surface area (Å²) in [5.74, 6) is 6.56. The Balaban J connectivity index is 1.95. The molecule has 114 valence electrons. The molecule has 2 rings (SSSR count). The summed E-state index contributed by atoms with van der Waals surface area (Å²) in [6.07, 6.45) is 5.30. The van der Waals surface area contributed by atoms with Gasteiger partial charge < -0.3 is 10.0 Å². The number of hydrogen-bond acceptors (Lipinski definition) is 3. The molecule has 1 aromatic rings. The van der Waals surface area contributed by atoms with Crippen LogP contribution in [0.2, 0.25) is 0 Å². The molecule has 1 fully saturated rings. The second-order valence-corrected chi connectivity index (χ2v) is 6.69. The largest absolute Gasteiger partial charge is 0.384 e. The highest BCUT2D eigenvalue weighted by molar-refractivity contribution is 7.12. The van der Waals surface area contributed by atoms with Crippen LogP contribution in [-0.4, -0.2) is 29.1 Å². The molecule has 0 radical (unpaired) electrons. The number of carbonyl (C=O) groups is 1. The standard InChI is InChI=1S/C17H23NO2S/c1-2-4-14-6-9-17(20)18(11-10-14)13-16-8-7-15(21-16)5-3-12-19/h7-8,14,19H,2,4,6,9-13H2,1H3. The van der Waals surface area contributed by atoms with Crippen molar-refractivity contribution in [1.82, 2.24) is 4.90 Å². The molecule has 2 heterocycles. The molecule has 0 aliphatic carbocycles. The molecule has 1 N–H and O–H groups in total. The van der Waals surface area contributed by atoms with Crippen LogP contribution in [0.5, 0.6) is 0 Å². The van der Waals surface area contributed by atoms with Crippen LogP contribution in [0.4, 0.5) is 0 Å². The van der Waals surface area contributed by atoms with Crippen molar-refractivity contribution in [2.24, 2.45) is 5.92 Å². The van der Waals surface area contributed by atoms with E-state index in [1.165, 1.54) is 17.7 Å². The van der Waals surface area contributed by atoms with Gasteiger partial charge in [-0.1, -0.05) is 31.6 Å². The Bertz CT molecular complexity index is 526. The lowest BCUT2D eigenvalue weighted by Gasteiger charge is -2.20. The van der Waals surface area contributed by atoms with E-state index in [0.717, 1.165) is 24.3 Å². The van der Waals surface area contributed by atoms with E-state index in [9.17, 15) is 4.79 Å². The third kappa shape index (κ3) is 4.87. The van der Waals surface area contributed by atoms with E-state index in [1.807, 2.05) is 17.0 Å². The fourth-order valence-electron chi connectivity index (χ4n) is 2.80. The van der Waals surface area contributed by atoms with Crippen LogP contribution in [-0.2, 0) is 11.3 Å². The molecule has 0 aromatic carbocycles. The molecule has 0 bridgehead atoms. The molecule has 0 saturated carbocycles. The predicted octanol–water partition coefficient (Wildman–Crippen LogP) is 3.02. The molecule has 1 aliphatic heterocycles. The summed E-state index contributed by atoms with van der Waals surface area (Å²) < 4.78 is 0. The lowest BCUT2D eigenvalue weighted by molar-refractivity contribution is -0.131. The molecule has 1 aliphatic rings. The Labute approximate surface area is 131 Å². The number of aliphatic hydroxyl groups is 1. The van der Waals surface area contributed by atoms with Crippen LogP contribution in [0.25, 0.3) is 0 Å². The van der Waals surface area contributed by atoms with Gasteiger partial charge >= 0.3 is 0 Å². The van der Waals surface area contributed by atoms with Crippen molar-refractivity contribution in [1.29, 1.82) is 0 Å². The van der Waals surface area contributed by atoms with Gasteiger partial charge in [0.05, 0.1) is 11.4 Å². The molecule has 21 heavy (non-hydrogen) atoms. The number of thiophene rings is 1. The Kier molecular flexibility index (Phi) is 6.28. The minimum atomic E-state index is -0.114. The molecule has 1 atom stereocenters. The summed E-state index contributed by atoms with van der Waals surface area (Å²) in [6.45, 7) is 3.67. The van der Waals surface area contributed by atoms with Crippen LogP contribution in [0.3, 0.4) is 0 Å². The van der Waals surface area contributed by atoms with Crippen molar-refractivity contribution >= 4 is 17.2 Å². The molecule has 3 nitrogen and oxygen atoms in total. The first-order chi connectivity index (χ1) is 10.2. The van der Waals surface area contributed by atoms with Gasteiger partial charge in [-0.2, -0.15) is 0 Å². The van der Waals surface area contributed by atoms with Crippen molar-refractivity contribution in [2.75, 3.05) is 13.2 Å². The number of rotatable bonds is 4. The van der Waals surface area contributed by atoms with Gasteiger partial charge in [0.2, 0.25) is 5.91 Å². The van der Waals surface area contributed by atoms with Gasteiger partial charge in [-0.15, -0.1) is 11.3 Å². The van der Waals surface area contributed by atoms with E-state index in [-0.39, 0.29) is 12.5 Å². The van der Waals surface area contributed by atoms with E-state index >= 15 is 0 Å². The average Bonchev–Trinajstić information content (AvgIpc) is 2.86. The van der Waals surface area contributed by atoms with Crippen molar-refractivity contribution in [3.63, 3.8) is 0 Å². The number of carbonyl (C=O) groups excluding carboxylic acids is 1. The Hall–Kier alpha value is -1.31. The summed E-state index contributed by atoms with van der Waals surface area (Å²) in [6, 6.07) is 4.00. The van der Waals surface area contributed by atoms with Crippen molar-refractivity contribution in [2.45, 2.75) is 45.6 Å². The highest BCUT2D eigenvalue weighted by atomic mass is 32.1. The normalized spacial score (nSPS) is 19.0. The van der Waals surface area contributed by atoms with Gasteiger partial charge in [-0.3, -0.25) is 4.79 Å². The quantitative estimate of drug-likeness (QED) is 0.869. The molecule has 1 unspecified atom stereocenters.